The maximum atomic E-state index is 13.7. The van der Waals surface area contributed by atoms with Gasteiger partial charge in [-0.3, -0.25) is 9.59 Å². The summed E-state index contributed by atoms with van der Waals surface area (Å²) >= 11 is 0. The van der Waals surface area contributed by atoms with E-state index in [1.54, 1.807) is 37.3 Å². The highest BCUT2D eigenvalue weighted by molar-refractivity contribution is 7.90. The van der Waals surface area contributed by atoms with E-state index in [-0.39, 0.29) is 11.9 Å². The van der Waals surface area contributed by atoms with Gasteiger partial charge in [-0.25, -0.2) is 4.31 Å². The molecule has 0 aromatic heterocycles. The van der Waals surface area contributed by atoms with Gasteiger partial charge < -0.3 is 10.2 Å². The molecule has 36 heavy (non-hydrogen) atoms. The van der Waals surface area contributed by atoms with Gasteiger partial charge in [0.25, 0.3) is 0 Å². The largest absolute Gasteiger partial charge is 0.352 e. The Labute approximate surface area is 215 Å². The van der Waals surface area contributed by atoms with Crippen LogP contribution in [0, 0.1) is 0 Å². The van der Waals surface area contributed by atoms with Crippen molar-refractivity contribution in [2.45, 2.75) is 57.5 Å². The van der Waals surface area contributed by atoms with Crippen molar-refractivity contribution in [3.8, 4) is 0 Å². The Bertz CT molecular complexity index is 1090. The molecule has 2 aromatic rings. The van der Waals surface area contributed by atoms with E-state index < -0.39 is 28.7 Å². The minimum Gasteiger partial charge on any atom is -0.352 e. The van der Waals surface area contributed by atoms with Crippen LogP contribution in [0.15, 0.2) is 60.7 Å². The molecule has 1 atom stereocenters. The fourth-order valence-electron chi connectivity index (χ4n) is 4.45. The molecule has 0 heterocycles. The first-order chi connectivity index (χ1) is 17.2. The molecule has 1 N–H and O–H groups in total. The van der Waals surface area contributed by atoms with Crippen LogP contribution >= 0.6 is 0 Å². The summed E-state index contributed by atoms with van der Waals surface area (Å²) in [4.78, 5) is 28.4. The van der Waals surface area contributed by atoms with Gasteiger partial charge in [0.1, 0.15) is 12.6 Å². The van der Waals surface area contributed by atoms with E-state index in [2.05, 4.69) is 5.32 Å². The first-order valence-corrected chi connectivity index (χ1v) is 14.0. The number of hydrogen-bond donors (Lipinski definition) is 1. The van der Waals surface area contributed by atoms with Crippen molar-refractivity contribution in [1.82, 2.24) is 14.5 Å². The van der Waals surface area contributed by atoms with Crippen molar-refractivity contribution in [1.29, 1.82) is 0 Å². The maximum Gasteiger partial charge on any atom is 0.304 e. The SMILES string of the molecule is CC(C(=O)NC1CCCCC1)N(CCc1ccccc1)C(=O)CN(c1ccccc1)S(=O)(=O)N(C)C. The molecule has 0 aliphatic heterocycles. The number of anilines is 1. The third kappa shape index (κ3) is 7.30. The van der Waals surface area contributed by atoms with Crippen LogP contribution < -0.4 is 9.62 Å². The topological polar surface area (TPSA) is 90.0 Å². The summed E-state index contributed by atoms with van der Waals surface area (Å²) < 4.78 is 28.5. The summed E-state index contributed by atoms with van der Waals surface area (Å²) in [6.45, 7) is 1.61. The Balaban J connectivity index is 1.84. The second kappa shape index (κ2) is 12.9. The van der Waals surface area contributed by atoms with E-state index in [1.165, 1.54) is 25.4 Å². The summed E-state index contributed by atoms with van der Waals surface area (Å²) in [6.07, 6.45) is 5.80. The fourth-order valence-corrected chi connectivity index (χ4v) is 5.51. The minimum absolute atomic E-state index is 0.120. The monoisotopic (exact) mass is 514 g/mol. The van der Waals surface area contributed by atoms with E-state index in [0.29, 0.717) is 18.7 Å². The molecule has 0 radical (unpaired) electrons. The van der Waals surface area contributed by atoms with Gasteiger partial charge in [-0.05, 0) is 43.9 Å². The quantitative estimate of drug-likeness (QED) is 0.499. The lowest BCUT2D eigenvalue weighted by Crippen LogP contribution is -2.54. The molecule has 0 spiro atoms. The zero-order valence-electron chi connectivity index (χ0n) is 21.5. The van der Waals surface area contributed by atoms with Gasteiger partial charge in [-0.15, -0.1) is 0 Å². The summed E-state index contributed by atoms with van der Waals surface area (Å²) in [6, 6.07) is 17.7. The van der Waals surface area contributed by atoms with Gasteiger partial charge in [0.15, 0.2) is 0 Å². The summed E-state index contributed by atoms with van der Waals surface area (Å²) in [5.41, 5.74) is 1.43. The predicted octanol–water partition coefficient (Wildman–Crippen LogP) is 3.21. The van der Waals surface area contributed by atoms with Gasteiger partial charge in [0, 0.05) is 26.7 Å². The van der Waals surface area contributed by atoms with Gasteiger partial charge >= 0.3 is 10.2 Å². The number of nitrogens with zero attached hydrogens (tertiary/aromatic N) is 3. The van der Waals surface area contributed by atoms with Crippen LogP contribution in [0.5, 0.6) is 0 Å². The molecule has 1 unspecified atom stereocenters. The number of hydrogen-bond acceptors (Lipinski definition) is 4. The standard InChI is InChI=1S/C27H38N4O4S/c1-22(27(33)28-24-15-9-5-10-16-24)30(20-19-23-13-7-4-8-14-23)26(32)21-31(36(34,35)29(2)3)25-17-11-6-12-18-25/h4,6-8,11-14,17-18,22,24H,5,9-10,15-16,19-21H2,1-3H3,(H,28,33). The molecule has 2 aromatic carbocycles. The van der Waals surface area contributed by atoms with Crippen LogP contribution in [0.1, 0.15) is 44.6 Å². The Kier molecular flexibility index (Phi) is 9.89. The van der Waals surface area contributed by atoms with Crippen molar-refractivity contribution >= 4 is 27.7 Å². The molecule has 8 nitrogen and oxygen atoms in total. The summed E-state index contributed by atoms with van der Waals surface area (Å²) in [5, 5.41) is 3.11. The number of carbonyl (C=O) groups excluding carboxylic acids is 2. The summed E-state index contributed by atoms with van der Waals surface area (Å²) in [5.74, 6) is -0.628. The fraction of sp³-hybridized carbons (Fsp3) is 0.481. The van der Waals surface area contributed by atoms with Crippen LogP contribution in [0.2, 0.25) is 0 Å². The average Bonchev–Trinajstić information content (AvgIpc) is 2.88. The van der Waals surface area contributed by atoms with Crippen LogP contribution in [-0.2, 0) is 26.2 Å². The Morgan fingerprint density at radius 1 is 0.944 bits per heavy atom. The van der Waals surface area contributed by atoms with Crippen LogP contribution in [0.25, 0.3) is 0 Å². The van der Waals surface area contributed by atoms with Gasteiger partial charge in [-0.1, -0.05) is 67.8 Å². The zero-order chi connectivity index (χ0) is 26.1. The molecule has 0 saturated heterocycles. The Hall–Kier alpha value is -2.91. The number of para-hydroxylation sites is 1. The molecule has 1 saturated carbocycles. The molecule has 3 rings (SSSR count). The molecular formula is C27H38N4O4S. The lowest BCUT2D eigenvalue weighted by Gasteiger charge is -2.33. The highest BCUT2D eigenvalue weighted by atomic mass is 32.2. The molecule has 1 aliphatic rings. The van der Waals surface area contributed by atoms with Crippen LogP contribution in [0.4, 0.5) is 5.69 Å². The van der Waals surface area contributed by atoms with Crippen LogP contribution in [-0.4, -0.2) is 68.7 Å². The smallest absolute Gasteiger partial charge is 0.304 e. The van der Waals surface area contributed by atoms with Crippen molar-refractivity contribution < 1.29 is 18.0 Å². The first kappa shape index (κ1) is 27.7. The predicted molar refractivity (Wildman–Crippen MR) is 143 cm³/mol. The maximum absolute atomic E-state index is 13.7. The Morgan fingerprint density at radius 3 is 2.11 bits per heavy atom. The van der Waals surface area contributed by atoms with Gasteiger partial charge in [0.2, 0.25) is 11.8 Å². The lowest BCUT2D eigenvalue weighted by atomic mass is 9.95. The van der Waals surface area contributed by atoms with Crippen molar-refractivity contribution in [3.05, 3.63) is 66.2 Å². The number of nitrogens with one attached hydrogen (secondary N) is 1. The number of carbonyl (C=O) groups is 2. The molecular weight excluding hydrogens is 476 g/mol. The van der Waals surface area contributed by atoms with E-state index in [0.717, 1.165) is 39.9 Å². The number of benzene rings is 2. The third-order valence-electron chi connectivity index (χ3n) is 6.67. The molecule has 1 fully saturated rings. The molecule has 1 aliphatic carbocycles. The number of rotatable bonds is 11. The lowest BCUT2D eigenvalue weighted by molar-refractivity contribution is -0.139. The molecule has 196 valence electrons. The third-order valence-corrected chi connectivity index (χ3v) is 8.49. The zero-order valence-corrected chi connectivity index (χ0v) is 22.3. The second-order valence-corrected chi connectivity index (χ2v) is 11.5. The van der Waals surface area contributed by atoms with E-state index in [1.807, 2.05) is 30.3 Å². The number of amides is 2. The molecule has 9 heteroatoms. The van der Waals surface area contributed by atoms with Crippen molar-refractivity contribution in [2.24, 2.45) is 0 Å². The molecule has 2 amide bonds. The van der Waals surface area contributed by atoms with Crippen LogP contribution in [0.3, 0.4) is 0 Å². The van der Waals surface area contributed by atoms with E-state index in [9.17, 15) is 18.0 Å². The van der Waals surface area contributed by atoms with Crippen molar-refractivity contribution in [3.63, 3.8) is 0 Å². The normalized spacial score (nSPS) is 15.3. The van der Waals surface area contributed by atoms with E-state index >= 15 is 0 Å². The van der Waals surface area contributed by atoms with Gasteiger partial charge in [-0.2, -0.15) is 12.7 Å². The molecule has 0 bridgehead atoms. The van der Waals surface area contributed by atoms with E-state index in [4.69, 9.17) is 0 Å². The first-order valence-electron chi connectivity index (χ1n) is 12.6. The minimum atomic E-state index is -3.94. The van der Waals surface area contributed by atoms with Crippen molar-refractivity contribution in [2.75, 3.05) is 31.5 Å². The highest BCUT2D eigenvalue weighted by Crippen LogP contribution is 2.21. The second-order valence-electron chi connectivity index (χ2n) is 9.47. The summed E-state index contributed by atoms with van der Waals surface area (Å²) in [7, 11) is -1.07. The highest BCUT2D eigenvalue weighted by Gasteiger charge is 2.33. The van der Waals surface area contributed by atoms with Gasteiger partial charge in [0.05, 0.1) is 5.69 Å². The average molecular weight is 515 g/mol. The Morgan fingerprint density at radius 2 is 1.53 bits per heavy atom.